The van der Waals surface area contributed by atoms with Crippen LogP contribution in [0.25, 0.3) is 10.9 Å². The zero-order valence-electron chi connectivity index (χ0n) is 16.4. The number of hydrogen-bond acceptors (Lipinski definition) is 5. The quantitative estimate of drug-likeness (QED) is 0.520. The van der Waals surface area contributed by atoms with Crippen molar-refractivity contribution in [3.8, 4) is 5.75 Å². The van der Waals surface area contributed by atoms with Gasteiger partial charge in [-0.3, -0.25) is 4.98 Å². The molecular weight excluding hydrogens is 376 g/mol. The van der Waals surface area contributed by atoms with E-state index in [4.69, 9.17) is 21.1 Å². The zero-order valence-corrected chi connectivity index (χ0v) is 17.1. The van der Waals surface area contributed by atoms with Crippen LogP contribution in [0.4, 0.5) is 11.4 Å². The van der Waals surface area contributed by atoms with Gasteiger partial charge in [-0.2, -0.15) is 0 Å². The van der Waals surface area contributed by atoms with Gasteiger partial charge in [-0.05, 0) is 42.7 Å². The Labute approximate surface area is 169 Å². The van der Waals surface area contributed by atoms with Crippen LogP contribution in [0, 0.1) is 0 Å². The van der Waals surface area contributed by atoms with Crippen molar-refractivity contribution in [2.24, 2.45) is 0 Å². The highest BCUT2D eigenvalue weighted by Crippen LogP contribution is 2.36. The predicted molar refractivity (Wildman–Crippen MR) is 113 cm³/mol. The summed E-state index contributed by atoms with van der Waals surface area (Å²) >= 11 is 6.24. The van der Waals surface area contributed by atoms with Crippen LogP contribution in [0.3, 0.4) is 0 Å². The lowest BCUT2D eigenvalue weighted by Crippen LogP contribution is -2.09. The molecule has 28 heavy (non-hydrogen) atoms. The van der Waals surface area contributed by atoms with Gasteiger partial charge in [0, 0.05) is 17.3 Å². The Balaban J connectivity index is 2.14. The van der Waals surface area contributed by atoms with E-state index in [1.807, 2.05) is 12.1 Å². The van der Waals surface area contributed by atoms with Crippen molar-refractivity contribution in [1.82, 2.24) is 4.98 Å². The number of carbonyl (C=O) groups excluding carboxylic acids is 1. The van der Waals surface area contributed by atoms with E-state index in [2.05, 4.69) is 36.3 Å². The molecule has 3 aromatic rings. The summed E-state index contributed by atoms with van der Waals surface area (Å²) in [6, 6.07) is 11.6. The first-order valence-electron chi connectivity index (χ1n) is 9.15. The predicted octanol–water partition coefficient (Wildman–Crippen LogP) is 5.94. The summed E-state index contributed by atoms with van der Waals surface area (Å²) < 4.78 is 10.6. The van der Waals surface area contributed by atoms with Crippen LogP contribution in [-0.4, -0.2) is 24.7 Å². The van der Waals surface area contributed by atoms with E-state index in [1.165, 1.54) is 11.8 Å². The van der Waals surface area contributed by atoms with Crippen molar-refractivity contribution in [2.45, 2.75) is 26.7 Å². The van der Waals surface area contributed by atoms with E-state index in [0.717, 1.165) is 11.1 Å². The van der Waals surface area contributed by atoms with Gasteiger partial charge in [-0.25, -0.2) is 4.79 Å². The lowest BCUT2D eigenvalue weighted by molar-refractivity contribution is 0.0527. The summed E-state index contributed by atoms with van der Waals surface area (Å²) in [5.41, 5.74) is 3.71. The summed E-state index contributed by atoms with van der Waals surface area (Å²) in [4.78, 5) is 16.9. The Morgan fingerprint density at radius 1 is 1.21 bits per heavy atom. The smallest absolute Gasteiger partial charge is 0.341 e. The molecule has 146 valence electrons. The van der Waals surface area contributed by atoms with Crippen molar-refractivity contribution in [1.29, 1.82) is 0 Å². The average Bonchev–Trinajstić information content (AvgIpc) is 2.68. The normalized spacial score (nSPS) is 10.9. The fourth-order valence-electron chi connectivity index (χ4n) is 2.94. The minimum atomic E-state index is -0.438. The van der Waals surface area contributed by atoms with Gasteiger partial charge in [0.25, 0.3) is 0 Å². The van der Waals surface area contributed by atoms with Gasteiger partial charge in [-0.1, -0.05) is 37.6 Å². The Kier molecular flexibility index (Phi) is 6.05. The molecule has 0 spiro atoms. The van der Waals surface area contributed by atoms with E-state index >= 15 is 0 Å². The van der Waals surface area contributed by atoms with Crippen molar-refractivity contribution in [3.05, 3.63) is 58.7 Å². The number of methoxy groups -OCH3 is 1. The summed E-state index contributed by atoms with van der Waals surface area (Å²) in [6.07, 6.45) is 1.51. The number of ether oxygens (including phenoxy) is 2. The van der Waals surface area contributed by atoms with Crippen LogP contribution in [0.15, 0.2) is 42.6 Å². The molecular formula is C22H23ClN2O3. The maximum Gasteiger partial charge on any atom is 0.341 e. The van der Waals surface area contributed by atoms with E-state index in [-0.39, 0.29) is 6.61 Å². The van der Waals surface area contributed by atoms with E-state index in [0.29, 0.717) is 33.5 Å². The molecule has 1 heterocycles. The van der Waals surface area contributed by atoms with Crippen LogP contribution in [0.5, 0.6) is 5.75 Å². The number of esters is 1. The van der Waals surface area contributed by atoms with E-state index in [9.17, 15) is 4.79 Å². The van der Waals surface area contributed by atoms with E-state index < -0.39 is 5.97 Å². The Hall–Kier alpha value is -2.79. The number of rotatable bonds is 6. The molecule has 0 aliphatic rings. The molecule has 0 bridgehead atoms. The average molecular weight is 399 g/mol. The zero-order chi connectivity index (χ0) is 20.3. The number of fused-ring (bicyclic) bond motifs is 1. The van der Waals surface area contributed by atoms with Crippen LogP contribution in [0.2, 0.25) is 5.02 Å². The van der Waals surface area contributed by atoms with Gasteiger partial charge in [0.2, 0.25) is 0 Å². The Morgan fingerprint density at radius 3 is 2.54 bits per heavy atom. The van der Waals surface area contributed by atoms with Crippen LogP contribution >= 0.6 is 11.6 Å². The van der Waals surface area contributed by atoms with Gasteiger partial charge in [0.15, 0.2) is 0 Å². The maximum absolute atomic E-state index is 12.5. The summed E-state index contributed by atoms with van der Waals surface area (Å²) in [6.45, 7) is 6.34. The monoisotopic (exact) mass is 398 g/mol. The molecule has 5 nitrogen and oxygen atoms in total. The second kappa shape index (κ2) is 8.48. The van der Waals surface area contributed by atoms with Gasteiger partial charge in [-0.15, -0.1) is 0 Å². The highest BCUT2D eigenvalue weighted by atomic mass is 35.5. The molecule has 2 aromatic carbocycles. The number of nitrogens with zero attached hydrogens (tertiary/aromatic N) is 1. The molecule has 6 heteroatoms. The molecule has 0 saturated heterocycles. The van der Waals surface area contributed by atoms with Crippen LogP contribution in [0.1, 0.15) is 42.6 Å². The number of nitrogens with one attached hydrogen (secondary N) is 1. The number of halogens is 1. The molecule has 0 unspecified atom stereocenters. The Morgan fingerprint density at radius 2 is 1.93 bits per heavy atom. The fourth-order valence-corrected chi connectivity index (χ4v) is 3.18. The lowest BCUT2D eigenvalue weighted by atomic mass is 10.0. The summed E-state index contributed by atoms with van der Waals surface area (Å²) in [7, 11) is 1.55. The largest absolute Gasteiger partial charge is 0.495 e. The number of anilines is 2. The van der Waals surface area contributed by atoms with Gasteiger partial charge in [0.05, 0.1) is 29.9 Å². The first-order valence-corrected chi connectivity index (χ1v) is 9.52. The molecule has 1 N–H and O–H groups in total. The highest BCUT2D eigenvalue weighted by molar-refractivity contribution is 6.33. The van der Waals surface area contributed by atoms with E-state index in [1.54, 1.807) is 26.2 Å². The second-order valence-corrected chi connectivity index (χ2v) is 7.08. The molecule has 0 amide bonds. The summed E-state index contributed by atoms with van der Waals surface area (Å²) in [5, 5.41) is 4.53. The van der Waals surface area contributed by atoms with Gasteiger partial charge in [0.1, 0.15) is 11.3 Å². The molecule has 0 aliphatic carbocycles. The number of carbonyl (C=O) groups is 1. The molecule has 0 atom stereocenters. The van der Waals surface area contributed by atoms with Crippen LogP contribution < -0.4 is 10.1 Å². The standard InChI is InChI=1S/C22H23ClN2O3/c1-5-28-22(26)17-12-24-19-11-18(23)20(27-4)10-16(19)21(17)25-15-8-6-14(7-9-15)13(2)3/h6-13H,5H2,1-4H3,(H,24,25). The first-order chi connectivity index (χ1) is 13.4. The topological polar surface area (TPSA) is 60.5 Å². The molecule has 1 aromatic heterocycles. The third kappa shape index (κ3) is 4.04. The Bertz CT molecular complexity index is 1000. The molecule has 0 aliphatic heterocycles. The molecule has 0 radical (unpaired) electrons. The number of aromatic nitrogens is 1. The first kappa shape index (κ1) is 20.0. The lowest BCUT2D eigenvalue weighted by Gasteiger charge is -2.16. The molecule has 3 rings (SSSR count). The van der Waals surface area contributed by atoms with Crippen molar-refractivity contribution < 1.29 is 14.3 Å². The second-order valence-electron chi connectivity index (χ2n) is 6.67. The highest BCUT2D eigenvalue weighted by Gasteiger charge is 2.18. The number of hydrogen-bond donors (Lipinski definition) is 1. The van der Waals surface area contributed by atoms with Gasteiger partial charge < -0.3 is 14.8 Å². The molecule has 0 fully saturated rings. The maximum atomic E-state index is 12.5. The summed E-state index contributed by atoms with van der Waals surface area (Å²) in [5.74, 6) is 0.514. The van der Waals surface area contributed by atoms with Crippen molar-refractivity contribution in [3.63, 3.8) is 0 Å². The molecule has 0 saturated carbocycles. The van der Waals surface area contributed by atoms with Gasteiger partial charge >= 0.3 is 5.97 Å². The minimum absolute atomic E-state index is 0.281. The third-order valence-corrected chi connectivity index (χ3v) is 4.78. The number of benzene rings is 2. The fraction of sp³-hybridized carbons (Fsp3) is 0.273. The number of pyridine rings is 1. The van der Waals surface area contributed by atoms with Crippen LogP contribution in [-0.2, 0) is 4.74 Å². The van der Waals surface area contributed by atoms with Crippen molar-refractivity contribution >= 4 is 39.8 Å². The minimum Gasteiger partial charge on any atom is -0.495 e. The SMILES string of the molecule is CCOC(=O)c1cnc2cc(Cl)c(OC)cc2c1Nc1ccc(C(C)C)cc1. The van der Waals surface area contributed by atoms with Crippen molar-refractivity contribution in [2.75, 3.05) is 19.0 Å². The third-order valence-electron chi connectivity index (χ3n) is 4.48.